The van der Waals surface area contributed by atoms with Gasteiger partial charge >= 0.3 is 6.03 Å². The van der Waals surface area contributed by atoms with Crippen LogP contribution in [0.5, 0.6) is 0 Å². The Morgan fingerprint density at radius 3 is 2.96 bits per heavy atom. The van der Waals surface area contributed by atoms with Crippen LogP contribution in [-0.2, 0) is 11.3 Å². The van der Waals surface area contributed by atoms with Crippen molar-refractivity contribution in [2.45, 2.75) is 55.6 Å². The molecule has 1 fully saturated rings. The van der Waals surface area contributed by atoms with E-state index in [9.17, 15) is 9.59 Å². The van der Waals surface area contributed by atoms with Crippen LogP contribution < -0.4 is 10.6 Å². The second kappa shape index (κ2) is 8.19. The molecule has 1 aliphatic carbocycles. The largest absolute Gasteiger partial charge is 0.467 e. The van der Waals surface area contributed by atoms with Crippen molar-refractivity contribution in [3.8, 4) is 0 Å². The highest BCUT2D eigenvalue weighted by Gasteiger charge is 2.22. The maximum atomic E-state index is 12.2. The Balaban J connectivity index is 1.51. The first-order valence-corrected chi connectivity index (χ1v) is 9.18. The molecule has 2 aromatic heterocycles. The Morgan fingerprint density at radius 1 is 1.44 bits per heavy atom. The lowest BCUT2D eigenvalue weighted by Gasteiger charge is -2.14. The van der Waals surface area contributed by atoms with Crippen molar-refractivity contribution in [1.29, 1.82) is 0 Å². The molecule has 0 bridgehead atoms. The smallest absolute Gasteiger partial charge is 0.321 e. The highest BCUT2D eigenvalue weighted by Crippen LogP contribution is 2.22. The minimum Gasteiger partial charge on any atom is -0.467 e. The molecule has 0 radical (unpaired) electrons. The molecule has 3 rings (SSSR count). The van der Waals surface area contributed by atoms with E-state index in [1.165, 1.54) is 11.8 Å². The van der Waals surface area contributed by atoms with Gasteiger partial charge in [-0.1, -0.05) is 24.6 Å². The summed E-state index contributed by atoms with van der Waals surface area (Å²) in [6.45, 7) is 2.22. The van der Waals surface area contributed by atoms with Crippen molar-refractivity contribution in [1.82, 2.24) is 25.4 Å². The van der Waals surface area contributed by atoms with E-state index in [4.69, 9.17) is 4.42 Å². The molecule has 2 N–H and O–H groups in total. The number of hydrogen-bond donors (Lipinski definition) is 2. The summed E-state index contributed by atoms with van der Waals surface area (Å²) in [4.78, 5) is 24.1. The Hall–Kier alpha value is -2.29. The van der Waals surface area contributed by atoms with Crippen LogP contribution in [0.3, 0.4) is 0 Å². The Labute approximate surface area is 149 Å². The molecule has 0 saturated heterocycles. The van der Waals surface area contributed by atoms with Crippen LogP contribution in [0.4, 0.5) is 4.79 Å². The fourth-order valence-electron chi connectivity index (χ4n) is 2.73. The van der Waals surface area contributed by atoms with Gasteiger partial charge in [0.15, 0.2) is 5.16 Å². The number of imide groups is 1. The van der Waals surface area contributed by atoms with E-state index < -0.39 is 11.3 Å². The summed E-state index contributed by atoms with van der Waals surface area (Å²) in [6, 6.07) is 3.41. The third-order valence-electron chi connectivity index (χ3n) is 4.06. The summed E-state index contributed by atoms with van der Waals surface area (Å²) >= 11 is 1.25. The molecule has 9 heteroatoms. The molecule has 3 amide bonds. The quantitative estimate of drug-likeness (QED) is 0.763. The average Bonchev–Trinajstić information content (AvgIpc) is 3.31. The van der Waals surface area contributed by atoms with Gasteiger partial charge in [0, 0.05) is 6.04 Å². The molecule has 1 saturated carbocycles. The molecule has 1 atom stereocenters. The van der Waals surface area contributed by atoms with Gasteiger partial charge in [-0.25, -0.2) is 4.79 Å². The number of aromatic nitrogens is 3. The van der Waals surface area contributed by atoms with Crippen LogP contribution in [0.25, 0.3) is 0 Å². The van der Waals surface area contributed by atoms with E-state index >= 15 is 0 Å². The summed E-state index contributed by atoms with van der Waals surface area (Å²) in [5.74, 6) is 0.419. The first-order valence-electron chi connectivity index (χ1n) is 8.30. The fourth-order valence-corrected chi connectivity index (χ4v) is 3.55. The van der Waals surface area contributed by atoms with E-state index in [2.05, 4.69) is 20.8 Å². The lowest BCUT2D eigenvalue weighted by atomic mass is 10.2. The van der Waals surface area contributed by atoms with Gasteiger partial charge in [-0.3, -0.25) is 10.1 Å². The molecule has 25 heavy (non-hydrogen) atoms. The topological polar surface area (TPSA) is 102 Å². The highest BCUT2D eigenvalue weighted by atomic mass is 32.2. The number of urea groups is 1. The van der Waals surface area contributed by atoms with Gasteiger partial charge in [0.1, 0.15) is 12.1 Å². The van der Waals surface area contributed by atoms with Gasteiger partial charge in [-0.15, -0.1) is 10.2 Å². The number of nitrogens with one attached hydrogen (secondary N) is 2. The van der Waals surface area contributed by atoms with Crippen molar-refractivity contribution in [2.24, 2.45) is 0 Å². The second-order valence-corrected chi connectivity index (χ2v) is 7.33. The van der Waals surface area contributed by atoms with Crippen molar-refractivity contribution in [3.63, 3.8) is 0 Å². The Morgan fingerprint density at radius 2 is 2.24 bits per heavy atom. The SMILES string of the molecule is C[C@@H](Sc1nncn1Cc1ccco1)C(=O)NC(=O)NC1CCCC1. The zero-order chi connectivity index (χ0) is 17.6. The van der Waals surface area contributed by atoms with E-state index in [-0.39, 0.29) is 11.9 Å². The van der Waals surface area contributed by atoms with Crippen LogP contribution in [0.1, 0.15) is 38.4 Å². The summed E-state index contributed by atoms with van der Waals surface area (Å²) in [5.41, 5.74) is 0. The van der Waals surface area contributed by atoms with E-state index in [1.54, 1.807) is 24.1 Å². The predicted octanol–water partition coefficient (Wildman–Crippen LogP) is 2.17. The van der Waals surface area contributed by atoms with Crippen LogP contribution in [0.15, 0.2) is 34.3 Å². The minimum atomic E-state index is -0.478. The van der Waals surface area contributed by atoms with Crippen molar-refractivity contribution in [3.05, 3.63) is 30.5 Å². The van der Waals surface area contributed by atoms with Crippen molar-refractivity contribution >= 4 is 23.7 Å². The molecule has 134 valence electrons. The molecule has 2 aromatic rings. The van der Waals surface area contributed by atoms with Crippen molar-refractivity contribution in [2.75, 3.05) is 0 Å². The summed E-state index contributed by atoms with van der Waals surface area (Å²) < 4.78 is 7.11. The zero-order valence-electron chi connectivity index (χ0n) is 14.0. The lowest BCUT2D eigenvalue weighted by Crippen LogP contribution is -2.45. The molecule has 0 unspecified atom stereocenters. The number of rotatable bonds is 6. The van der Waals surface area contributed by atoms with E-state index in [0.717, 1.165) is 31.4 Å². The number of furan rings is 1. The van der Waals surface area contributed by atoms with Crippen LogP contribution in [0.2, 0.25) is 0 Å². The number of amides is 3. The van der Waals surface area contributed by atoms with Gasteiger partial charge in [0.25, 0.3) is 0 Å². The lowest BCUT2D eigenvalue weighted by molar-refractivity contribution is -0.119. The van der Waals surface area contributed by atoms with Crippen molar-refractivity contribution < 1.29 is 14.0 Å². The van der Waals surface area contributed by atoms with Gasteiger partial charge in [-0.05, 0) is 31.9 Å². The zero-order valence-corrected chi connectivity index (χ0v) is 14.8. The summed E-state index contributed by atoms with van der Waals surface area (Å²) in [7, 11) is 0. The number of carbonyl (C=O) groups is 2. The maximum absolute atomic E-state index is 12.2. The molecule has 0 spiro atoms. The van der Waals surface area contributed by atoms with Crippen LogP contribution in [-0.4, -0.2) is 38.0 Å². The molecular weight excluding hydrogens is 342 g/mol. The molecular formula is C16H21N5O3S. The minimum absolute atomic E-state index is 0.173. The summed E-state index contributed by atoms with van der Waals surface area (Å²) in [6.07, 6.45) is 7.38. The third kappa shape index (κ3) is 4.85. The standard InChI is InChI=1S/C16H21N5O3S/c1-11(14(22)19-15(23)18-12-5-2-3-6-12)25-16-20-17-10-21(16)9-13-7-4-8-24-13/h4,7-8,10-12H,2-3,5-6,9H2,1H3,(H2,18,19,22,23)/t11-/m1/s1. The van der Waals surface area contributed by atoms with Gasteiger partial charge < -0.3 is 14.3 Å². The first-order chi connectivity index (χ1) is 12.1. The number of nitrogens with zero attached hydrogens (tertiary/aromatic N) is 3. The molecule has 0 aromatic carbocycles. The van der Waals surface area contributed by atoms with Crippen LogP contribution >= 0.6 is 11.8 Å². The highest BCUT2D eigenvalue weighted by molar-refractivity contribution is 8.00. The fraction of sp³-hybridized carbons (Fsp3) is 0.500. The van der Waals surface area contributed by atoms with Crippen LogP contribution in [0, 0.1) is 0 Å². The number of thioether (sulfide) groups is 1. The van der Waals surface area contributed by atoms with Gasteiger partial charge in [0.05, 0.1) is 18.1 Å². The summed E-state index contributed by atoms with van der Waals surface area (Å²) in [5, 5.41) is 13.3. The molecule has 2 heterocycles. The predicted molar refractivity (Wildman–Crippen MR) is 92.1 cm³/mol. The van der Waals surface area contributed by atoms with E-state index in [1.807, 2.05) is 12.1 Å². The second-order valence-electron chi connectivity index (χ2n) is 6.02. The molecule has 8 nitrogen and oxygen atoms in total. The van der Waals surface area contributed by atoms with E-state index in [0.29, 0.717) is 11.7 Å². The third-order valence-corrected chi connectivity index (χ3v) is 5.16. The normalized spacial score (nSPS) is 15.9. The molecule has 1 aliphatic rings. The monoisotopic (exact) mass is 363 g/mol. The average molecular weight is 363 g/mol. The van der Waals surface area contributed by atoms with Gasteiger partial charge in [0.2, 0.25) is 5.91 Å². The maximum Gasteiger partial charge on any atom is 0.321 e. The number of hydrogen-bond acceptors (Lipinski definition) is 6. The number of carbonyl (C=O) groups excluding carboxylic acids is 2. The Kier molecular flexibility index (Phi) is 5.75. The van der Waals surface area contributed by atoms with Gasteiger partial charge in [-0.2, -0.15) is 0 Å². The first kappa shape index (κ1) is 17.5. The molecule has 0 aliphatic heterocycles. The Bertz CT molecular complexity index is 709.